The van der Waals surface area contributed by atoms with Gasteiger partial charge in [0.15, 0.2) is 5.69 Å². The highest BCUT2D eigenvalue weighted by atomic mass is 16.5. The lowest BCUT2D eigenvalue weighted by molar-refractivity contribution is 0.101. The average molecular weight is 217 g/mol. The number of carbonyl (C=O) groups excluding carboxylic acids is 1. The van der Waals surface area contributed by atoms with Crippen LogP contribution in [-0.4, -0.2) is 16.0 Å². The third kappa shape index (κ3) is 2.08. The van der Waals surface area contributed by atoms with E-state index in [0.29, 0.717) is 11.4 Å². The lowest BCUT2D eigenvalue weighted by Crippen LogP contribution is -2.13. The fraction of sp³-hybridized carbons (Fsp3) is 0.182. The molecule has 0 spiro atoms. The predicted molar refractivity (Wildman–Crippen MR) is 58.2 cm³/mol. The number of aryl methyl sites for hydroxylation is 2. The van der Waals surface area contributed by atoms with E-state index >= 15 is 0 Å². The van der Waals surface area contributed by atoms with Crippen molar-refractivity contribution >= 4 is 11.6 Å². The van der Waals surface area contributed by atoms with Crippen molar-refractivity contribution in [2.24, 2.45) is 0 Å². The minimum absolute atomic E-state index is 0.265. The van der Waals surface area contributed by atoms with Gasteiger partial charge < -0.3 is 9.84 Å². The largest absolute Gasteiger partial charge is 0.361 e. The summed E-state index contributed by atoms with van der Waals surface area (Å²) >= 11 is 0. The van der Waals surface area contributed by atoms with Crippen molar-refractivity contribution in [1.82, 2.24) is 10.1 Å². The van der Waals surface area contributed by atoms with Gasteiger partial charge in [-0.25, -0.2) is 0 Å². The summed E-state index contributed by atoms with van der Waals surface area (Å²) in [5.74, 6) is 0.306. The topological polar surface area (TPSA) is 68.0 Å². The van der Waals surface area contributed by atoms with Gasteiger partial charge in [-0.1, -0.05) is 5.16 Å². The van der Waals surface area contributed by atoms with Crippen molar-refractivity contribution in [2.75, 3.05) is 5.32 Å². The van der Waals surface area contributed by atoms with Gasteiger partial charge in [-0.05, 0) is 26.0 Å². The number of carbonyl (C=O) groups is 1. The SMILES string of the molecule is Cc1cc(C(=O)Nc2cccnc2C)no1. The van der Waals surface area contributed by atoms with E-state index in [1.807, 2.05) is 6.92 Å². The summed E-state index contributed by atoms with van der Waals surface area (Å²) in [5, 5.41) is 6.35. The van der Waals surface area contributed by atoms with Crippen molar-refractivity contribution in [3.63, 3.8) is 0 Å². The summed E-state index contributed by atoms with van der Waals surface area (Å²) in [6.07, 6.45) is 1.67. The van der Waals surface area contributed by atoms with E-state index in [9.17, 15) is 4.79 Å². The summed E-state index contributed by atoms with van der Waals surface area (Å²) < 4.78 is 4.83. The lowest BCUT2D eigenvalue weighted by atomic mass is 10.3. The number of anilines is 1. The van der Waals surface area contributed by atoms with Crippen LogP contribution in [0.15, 0.2) is 28.9 Å². The Bertz CT molecular complexity index is 519. The second-order valence-electron chi connectivity index (χ2n) is 3.41. The molecule has 0 aliphatic rings. The van der Waals surface area contributed by atoms with Crippen molar-refractivity contribution in [3.05, 3.63) is 41.5 Å². The van der Waals surface area contributed by atoms with E-state index in [1.165, 1.54) is 0 Å². The molecule has 0 aliphatic carbocycles. The molecule has 5 nitrogen and oxygen atoms in total. The molecule has 0 aliphatic heterocycles. The monoisotopic (exact) mass is 217 g/mol. The van der Waals surface area contributed by atoms with E-state index in [1.54, 1.807) is 31.3 Å². The molecule has 2 heterocycles. The van der Waals surface area contributed by atoms with Gasteiger partial charge in [0, 0.05) is 12.3 Å². The van der Waals surface area contributed by atoms with E-state index < -0.39 is 0 Å². The van der Waals surface area contributed by atoms with Crippen molar-refractivity contribution in [2.45, 2.75) is 13.8 Å². The number of rotatable bonds is 2. The number of nitrogens with one attached hydrogen (secondary N) is 1. The first-order valence-corrected chi connectivity index (χ1v) is 4.83. The number of amides is 1. The van der Waals surface area contributed by atoms with Crippen LogP contribution in [0, 0.1) is 13.8 Å². The second-order valence-corrected chi connectivity index (χ2v) is 3.41. The molecule has 0 radical (unpaired) electrons. The maximum absolute atomic E-state index is 11.7. The standard InChI is InChI=1S/C11H11N3O2/c1-7-6-10(14-16-7)11(15)13-9-4-3-5-12-8(9)2/h3-6H,1-2H3,(H,13,15). The van der Waals surface area contributed by atoms with Crippen LogP contribution in [0.1, 0.15) is 21.9 Å². The summed E-state index contributed by atoms with van der Waals surface area (Å²) in [6, 6.07) is 5.13. The minimum atomic E-state index is -0.298. The first-order chi connectivity index (χ1) is 7.66. The fourth-order valence-electron chi connectivity index (χ4n) is 1.28. The highest BCUT2D eigenvalue weighted by molar-refractivity contribution is 6.03. The Kier molecular flexibility index (Phi) is 2.68. The van der Waals surface area contributed by atoms with E-state index in [0.717, 1.165) is 5.69 Å². The molecule has 1 amide bonds. The number of pyridine rings is 1. The van der Waals surface area contributed by atoms with Crippen molar-refractivity contribution < 1.29 is 9.32 Å². The van der Waals surface area contributed by atoms with Gasteiger partial charge in [-0.15, -0.1) is 0 Å². The second kappa shape index (κ2) is 4.14. The number of nitrogens with zero attached hydrogens (tertiary/aromatic N) is 2. The van der Waals surface area contributed by atoms with Crippen LogP contribution in [0.25, 0.3) is 0 Å². The molecule has 2 aromatic heterocycles. The zero-order valence-electron chi connectivity index (χ0n) is 9.02. The van der Waals surface area contributed by atoms with E-state index in [4.69, 9.17) is 4.52 Å². The molecule has 2 rings (SSSR count). The number of aromatic nitrogens is 2. The molecule has 82 valence electrons. The van der Waals surface area contributed by atoms with E-state index in [2.05, 4.69) is 15.5 Å². The van der Waals surface area contributed by atoms with E-state index in [-0.39, 0.29) is 11.6 Å². The minimum Gasteiger partial charge on any atom is -0.361 e. The van der Waals surface area contributed by atoms with Crippen molar-refractivity contribution in [1.29, 1.82) is 0 Å². The number of hydrogen-bond acceptors (Lipinski definition) is 4. The molecule has 16 heavy (non-hydrogen) atoms. The van der Waals surface area contributed by atoms with Crippen LogP contribution in [0.2, 0.25) is 0 Å². The molecule has 1 N–H and O–H groups in total. The third-order valence-electron chi connectivity index (χ3n) is 2.12. The van der Waals surface area contributed by atoms with Crippen molar-refractivity contribution in [3.8, 4) is 0 Å². The first-order valence-electron chi connectivity index (χ1n) is 4.83. The molecule has 0 atom stereocenters. The Morgan fingerprint density at radius 1 is 1.44 bits per heavy atom. The summed E-state index contributed by atoms with van der Waals surface area (Å²) in [6.45, 7) is 3.56. The van der Waals surface area contributed by atoms with Crippen LogP contribution in [0.3, 0.4) is 0 Å². The van der Waals surface area contributed by atoms with Gasteiger partial charge >= 0.3 is 0 Å². The molecule has 0 fully saturated rings. The Labute approximate surface area is 92.5 Å². The zero-order chi connectivity index (χ0) is 11.5. The zero-order valence-corrected chi connectivity index (χ0v) is 9.02. The molecule has 0 saturated carbocycles. The molecule has 0 unspecified atom stereocenters. The average Bonchev–Trinajstić information content (AvgIpc) is 2.68. The first kappa shape index (κ1) is 10.4. The summed E-state index contributed by atoms with van der Waals surface area (Å²) in [7, 11) is 0. The Hall–Kier alpha value is -2.17. The molecule has 5 heteroatoms. The Balaban J connectivity index is 2.17. The third-order valence-corrected chi connectivity index (χ3v) is 2.12. The molecular weight excluding hydrogens is 206 g/mol. The van der Waals surface area contributed by atoms with Crippen LogP contribution < -0.4 is 5.32 Å². The summed E-state index contributed by atoms with van der Waals surface area (Å²) in [4.78, 5) is 15.8. The number of hydrogen-bond donors (Lipinski definition) is 1. The normalized spacial score (nSPS) is 10.1. The van der Waals surface area contributed by atoms with Gasteiger partial charge in [0.05, 0.1) is 11.4 Å². The molecule has 0 saturated heterocycles. The highest BCUT2D eigenvalue weighted by Crippen LogP contribution is 2.12. The Morgan fingerprint density at radius 3 is 2.88 bits per heavy atom. The summed E-state index contributed by atoms with van der Waals surface area (Å²) in [5.41, 5.74) is 1.70. The van der Waals surface area contributed by atoms with Crippen LogP contribution in [0.5, 0.6) is 0 Å². The molecule has 2 aromatic rings. The van der Waals surface area contributed by atoms with Gasteiger partial charge in [0.25, 0.3) is 5.91 Å². The van der Waals surface area contributed by atoms with Crippen LogP contribution in [0.4, 0.5) is 5.69 Å². The quantitative estimate of drug-likeness (QED) is 0.834. The lowest BCUT2D eigenvalue weighted by Gasteiger charge is -2.04. The maximum atomic E-state index is 11.7. The fourth-order valence-corrected chi connectivity index (χ4v) is 1.28. The maximum Gasteiger partial charge on any atom is 0.277 e. The molecule has 0 aromatic carbocycles. The molecule has 0 bridgehead atoms. The van der Waals surface area contributed by atoms with Crippen LogP contribution in [-0.2, 0) is 0 Å². The predicted octanol–water partition coefficient (Wildman–Crippen LogP) is 1.94. The van der Waals surface area contributed by atoms with Gasteiger partial charge in [-0.3, -0.25) is 9.78 Å². The van der Waals surface area contributed by atoms with Gasteiger partial charge in [0.2, 0.25) is 0 Å². The Morgan fingerprint density at radius 2 is 2.25 bits per heavy atom. The smallest absolute Gasteiger partial charge is 0.277 e. The highest BCUT2D eigenvalue weighted by Gasteiger charge is 2.11. The molecular formula is C11H11N3O2. The van der Waals surface area contributed by atoms with Gasteiger partial charge in [-0.2, -0.15) is 0 Å². The van der Waals surface area contributed by atoms with Crippen LogP contribution >= 0.6 is 0 Å². The van der Waals surface area contributed by atoms with Gasteiger partial charge in [0.1, 0.15) is 5.76 Å².